The van der Waals surface area contributed by atoms with Crippen LogP contribution in [0.25, 0.3) is 0 Å². The highest BCUT2D eigenvalue weighted by Gasteiger charge is 2.31. The maximum atomic E-state index is 11.6. The first-order chi connectivity index (χ1) is 4.49. The van der Waals surface area contributed by atoms with Crippen molar-refractivity contribution in [2.75, 3.05) is 13.1 Å². The van der Waals surface area contributed by atoms with Crippen LogP contribution in [0, 0.1) is 0 Å². The zero-order valence-corrected chi connectivity index (χ0v) is 5.86. The highest BCUT2D eigenvalue weighted by Crippen LogP contribution is 2.21. The Balaban J connectivity index is 2.06. The zero-order valence-electron chi connectivity index (χ0n) is 5.86. The van der Waals surface area contributed by atoms with Gasteiger partial charge < -0.3 is 17.8 Å². The molecule has 0 radical (unpaired) electrons. The zero-order chi connectivity index (χ0) is 7.78. The molecule has 2 atom stereocenters. The minimum absolute atomic E-state index is 0.199. The van der Waals surface area contributed by atoms with Crippen molar-refractivity contribution in [2.45, 2.75) is 19.3 Å². The van der Waals surface area contributed by atoms with Gasteiger partial charge in [-0.3, -0.25) is 0 Å². The molecular formula is C5H10BF3N-. The van der Waals surface area contributed by atoms with Gasteiger partial charge in [-0.2, -0.15) is 0 Å². The highest BCUT2D eigenvalue weighted by molar-refractivity contribution is 6.58. The summed E-state index contributed by atoms with van der Waals surface area (Å²) < 4.78 is 34.8. The lowest BCUT2D eigenvalue weighted by atomic mass is 9.86. The first-order valence-electron chi connectivity index (χ1n) is 3.44. The van der Waals surface area contributed by atoms with Crippen molar-refractivity contribution in [1.82, 2.24) is 4.90 Å². The van der Waals surface area contributed by atoms with Gasteiger partial charge in [-0.25, -0.2) is 0 Å². The van der Waals surface area contributed by atoms with Crippen molar-refractivity contribution in [3.63, 3.8) is 0 Å². The van der Waals surface area contributed by atoms with Crippen LogP contribution in [0.4, 0.5) is 12.9 Å². The third-order valence-corrected chi connectivity index (χ3v) is 1.73. The molecule has 60 valence electrons. The molecule has 1 rings (SSSR count). The van der Waals surface area contributed by atoms with Gasteiger partial charge in [0.2, 0.25) is 0 Å². The first kappa shape index (κ1) is 7.92. The summed E-state index contributed by atoms with van der Waals surface area (Å²) in [5.74, 6) is 0. The molecule has 0 aliphatic carbocycles. The van der Waals surface area contributed by atoms with Crippen LogP contribution >= 0.6 is 0 Å². The van der Waals surface area contributed by atoms with Gasteiger partial charge in [-0.1, -0.05) is 6.32 Å². The van der Waals surface area contributed by atoms with Gasteiger partial charge in [0.1, 0.15) is 0 Å². The van der Waals surface area contributed by atoms with Crippen LogP contribution in [-0.2, 0) is 0 Å². The first-order valence-corrected chi connectivity index (χ1v) is 3.44. The van der Waals surface area contributed by atoms with Crippen molar-refractivity contribution >= 4 is 6.98 Å². The number of rotatable bonds is 3. The Labute approximate surface area is 58.3 Å². The van der Waals surface area contributed by atoms with Gasteiger partial charge in [0.05, 0.1) is 0 Å². The Morgan fingerprint density at radius 1 is 1.50 bits per heavy atom. The third-order valence-electron chi connectivity index (χ3n) is 1.73. The van der Waals surface area contributed by atoms with Gasteiger partial charge in [-0.05, 0) is 13.5 Å². The molecule has 0 N–H and O–H groups in total. The third kappa shape index (κ3) is 2.60. The van der Waals surface area contributed by atoms with Crippen molar-refractivity contribution in [3.8, 4) is 0 Å². The second-order valence-electron chi connectivity index (χ2n) is 2.84. The predicted octanol–water partition coefficient (Wildman–Crippen LogP) is 1.54. The molecule has 0 bridgehead atoms. The van der Waals surface area contributed by atoms with E-state index in [1.165, 1.54) is 0 Å². The molecule has 1 heterocycles. The molecular weight excluding hydrogens is 142 g/mol. The maximum Gasteiger partial charge on any atom is 0.479 e. The Hall–Kier alpha value is -0.185. The second kappa shape index (κ2) is 2.45. The van der Waals surface area contributed by atoms with E-state index >= 15 is 0 Å². The molecule has 1 nitrogen and oxygen atoms in total. The molecule has 0 aromatic rings. The molecule has 1 unspecified atom stereocenters. The molecule has 0 spiro atoms. The lowest BCUT2D eigenvalue weighted by Crippen LogP contribution is -2.19. The quantitative estimate of drug-likeness (QED) is 0.437. The summed E-state index contributed by atoms with van der Waals surface area (Å²) in [6.07, 6.45) is -0.607. The van der Waals surface area contributed by atoms with Crippen molar-refractivity contribution in [2.24, 2.45) is 0 Å². The smallest absolute Gasteiger partial charge is 0.449 e. The van der Waals surface area contributed by atoms with Crippen molar-refractivity contribution < 1.29 is 12.9 Å². The van der Waals surface area contributed by atoms with Crippen molar-refractivity contribution in [1.29, 1.82) is 0 Å². The van der Waals surface area contributed by atoms with Crippen LogP contribution in [0.5, 0.6) is 0 Å². The second-order valence-corrected chi connectivity index (χ2v) is 2.84. The Morgan fingerprint density at radius 2 is 2.00 bits per heavy atom. The summed E-state index contributed by atoms with van der Waals surface area (Å²) in [6.45, 7) is -1.58. The summed E-state index contributed by atoms with van der Waals surface area (Å²) in [6, 6.07) is 0.387. The molecule has 1 aliphatic heterocycles. The van der Waals surface area contributed by atoms with Crippen LogP contribution in [0.2, 0.25) is 6.32 Å². The van der Waals surface area contributed by atoms with Gasteiger partial charge in [-0.15, -0.1) is 0 Å². The molecule has 0 aromatic heterocycles. The Kier molecular flexibility index (Phi) is 1.94. The summed E-state index contributed by atoms with van der Waals surface area (Å²) in [5, 5.41) is 0. The van der Waals surface area contributed by atoms with Gasteiger partial charge in [0, 0.05) is 12.6 Å². The number of hydrogen-bond acceptors (Lipinski definition) is 1. The Bertz CT molecular complexity index is 125. The molecule has 1 aliphatic rings. The number of nitrogens with zero attached hydrogens (tertiary/aromatic N) is 1. The van der Waals surface area contributed by atoms with E-state index in [4.69, 9.17) is 0 Å². The van der Waals surface area contributed by atoms with Gasteiger partial charge in [0.25, 0.3) is 0 Å². The molecule has 0 aromatic carbocycles. The van der Waals surface area contributed by atoms with Gasteiger partial charge >= 0.3 is 6.98 Å². The molecule has 10 heavy (non-hydrogen) atoms. The average molecular weight is 152 g/mol. The number of hydrogen-bond donors (Lipinski definition) is 0. The topological polar surface area (TPSA) is 3.01 Å². The SMILES string of the molecule is C[C@H]1CN1CC[B-](F)(F)F. The largest absolute Gasteiger partial charge is 0.479 e. The normalized spacial score (nSPS) is 32.4. The fraction of sp³-hybridized carbons (Fsp3) is 1.00. The van der Waals surface area contributed by atoms with E-state index in [9.17, 15) is 12.9 Å². The minimum Gasteiger partial charge on any atom is -0.449 e. The van der Waals surface area contributed by atoms with E-state index in [0.717, 1.165) is 6.54 Å². The van der Waals surface area contributed by atoms with E-state index in [-0.39, 0.29) is 6.54 Å². The lowest BCUT2D eigenvalue weighted by Gasteiger charge is -2.12. The Morgan fingerprint density at radius 3 is 2.30 bits per heavy atom. The molecule has 1 fully saturated rings. The van der Waals surface area contributed by atoms with E-state index in [1.807, 2.05) is 11.8 Å². The van der Waals surface area contributed by atoms with E-state index < -0.39 is 13.3 Å². The maximum absolute atomic E-state index is 11.6. The molecule has 5 heteroatoms. The standard InChI is InChI=1S/C5H10BF3N/c1-5-4-10(5)3-2-6(7,8)9/h5H,2-4H2,1H3/q-1/t5-,10?/m0/s1. The van der Waals surface area contributed by atoms with E-state index in [2.05, 4.69) is 0 Å². The van der Waals surface area contributed by atoms with Crippen LogP contribution in [0.15, 0.2) is 0 Å². The lowest BCUT2D eigenvalue weighted by molar-refractivity contribution is 0.441. The molecule has 0 amide bonds. The highest BCUT2D eigenvalue weighted by atomic mass is 19.4. The monoisotopic (exact) mass is 152 g/mol. The minimum atomic E-state index is -4.55. The predicted molar refractivity (Wildman–Crippen MR) is 34.9 cm³/mol. The summed E-state index contributed by atoms with van der Waals surface area (Å²) in [5.41, 5.74) is 0. The van der Waals surface area contributed by atoms with Crippen LogP contribution in [0.3, 0.4) is 0 Å². The summed E-state index contributed by atoms with van der Waals surface area (Å²) >= 11 is 0. The van der Waals surface area contributed by atoms with Crippen LogP contribution in [-0.4, -0.2) is 31.0 Å². The number of halogens is 3. The van der Waals surface area contributed by atoms with Crippen LogP contribution < -0.4 is 0 Å². The molecule has 1 saturated heterocycles. The van der Waals surface area contributed by atoms with E-state index in [1.54, 1.807) is 0 Å². The van der Waals surface area contributed by atoms with Crippen LogP contribution in [0.1, 0.15) is 6.92 Å². The molecule has 0 saturated carbocycles. The van der Waals surface area contributed by atoms with Gasteiger partial charge in [0.15, 0.2) is 0 Å². The summed E-state index contributed by atoms with van der Waals surface area (Å²) in [4.78, 5) is 1.81. The fourth-order valence-electron chi connectivity index (χ4n) is 0.916. The fourth-order valence-corrected chi connectivity index (χ4v) is 0.916. The average Bonchev–Trinajstić information content (AvgIpc) is 2.40. The summed E-state index contributed by atoms with van der Waals surface area (Å²) in [7, 11) is 0. The van der Waals surface area contributed by atoms with E-state index in [0.29, 0.717) is 6.04 Å². The van der Waals surface area contributed by atoms with Crippen molar-refractivity contribution in [3.05, 3.63) is 0 Å².